The van der Waals surface area contributed by atoms with Crippen molar-refractivity contribution in [3.05, 3.63) is 69.3 Å². The van der Waals surface area contributed by atoms with Crippen LogP contribution in [0.25, 0.3) is 10.9 Å². The zero-order valence-electron chi connectivity index (χ0n) is 14.6. The molecule has 3 aromatic rings. The molecule has 27 heavy (non-hydrogen) atoms. The van der Waals surface area contributed by atoms with Crippen LogP contribution in [0.5, 0.6) is 0 Å². The third-order valence-electron chi connectivity index (χ3n) is 4.85. The van der Waals surface area contributed by atoms with Gasteiger partial charge < -0.3 is 9.72 Å². The number of hydrogen-bond donors (Lipinski definition) is 1. The van der Waals surface area contributed by atoms with E-state index in [1.165, 1.54) is 17.0 Å². The van der Waals surface area contributed by atoms with Crippen molar-refractivity contribution in [2.45, 2.75) is 19.4 Å². The molecule has 0 spiro atoms. The lowest BCUT2D eigenvalue weighted by atomic mass is 9.92. The molecule has 0 radical (unpaired) electrons. The van der Waals surface area contributed by atoms with Crippen LogP contribution in [0.3, 0.4) is 0 Å². The molecule has 0 aliphatic carbocycles. The summed E-state index contributed by atoms with van der Waals surface area (Å²) in [5, 5.41) is 1.02. The molecule has 0 bridgehead atoms. The van der Waals surface area contributed by atoms with Gasteiger partial charge >= 0.3 is 6.09 Å². The zero-order valence-corrected chi connectivity index (χ0v) is 16.1. The predicted molar refractivity (Wildman–Crippen MR) is 102 cm³/mol. The van der Waals surface area contributed by atoms with E-state index in [9.17, 15) is 13.6 Å². The molecule has 4 rings (SSSR count). The minimum atomic E-state index is -0.709. The van der Waals surface area contributed by atoms with Gasteiger partial charge in [0.1, 0.15) is 17.7 Å². The number of amides is 1. The van der Waals surface area contributed by atoms with Crippen molar-refractivity contribution in [3.63, 3.8) is 0 Å². The zero-order chi connectivity index (χ0) is 19.1. The average molecular weight is 435 g/mol. The van der Waals surface area contributed by atoms with Gasteiger partial charge in [0.2, 0.25) is 0 Å². The van der Waals surface area contributed by atoms with Crippen LogP contribution in [0.2, 0.25) is 0 Å². The normalized spacial score (nSPS) is 16.4. The first kappa shape index (κ1) is 18.0. The summed E-state index contributed by atoms with van der Waals surface area (Å²) in [6, 6.07) is 8.58. The van der Waals surface area contributed by atoms with E-state index in [4.69, 9.17) is 4.74 Å². The Bertz CT molecular complexity index is 1030. The van der Waals surface area contributed by atoms with Crippen LogP contribution in [0.1, 0.15) is 29.8 Å². The molecule has 2 aromatic carbocycles. The summed E-state index contributed by atoms with van der Waals surface area (Å²) in [4.78, 5) is 17.3. The van der Waals surface area contributed by atoms with Gasteiger partial charge in [-0.2, -0.15) is 0 Å². The van der Waals surface area contributed by atoms with Gasteiger partial charge in [-0.25, -0.2) is 13.6 Å². The lowest BCUT2D eigenvalue weighted by molar-refractivity contribution is 0.0926. The summed E-state index contributed by atoms with van der Waals surface area (Å²) in [7, 11) is 0. The molecular weight excluding hydrogens is 418 g/mol. The third kappa shape index (κ3) is 3.10. The number of benzene rings is 2. The van der Waals surface area contributed by atoms with Gasteiger partial charge in [-0.1, -0.05) is 22.0 Å². The minimum absolute atomic E-state index is 0.223. The maximum atomic E-state index is 14.6. The summed E-state index contributed by atoms with van der Waals surface area (Å²) in [6.45, 7) is 2.33. The second-order valence-corrected chi connectivity index (χ2v) is 7.33. The summed E-state index contributed by atoms with van der Waals surface area (Å²) < 4.78 is 34.2. The number of carbonyl (C=O) groups excluding carboxylic acids is 1. The molecular formula is C20H17BrF2N2O2. The van der Waals surface area contributed by atoms with Crippen molar-refractivity contribution in [1.82, 2.24) is 9.88 Å². The molecule has 0 saturated carbocycles. The van der Waals surface area contributed by atoms with Crippen LogP contribution in [0, 0.1) is 11.6 Å². The van der Waals surface area contributed by atoms with E-state index in [1.54, 1.807) is 6.92 Å². The topological polar surface area (TPSA) is 45.3 Å². The Balaban J connectivity index is 1.92. The number of aromatic nitrogens is 1. The molecule has 1 N–H and O–H groups in total. The third-order valence-corrected chi connectivity index (χ3v) is 5.34. The van der Waals surface area contributed by atoms with Crippen molar-refractivity contribution < 1.29 is 18.3 Å². The van der Waals surface area contributed by atoms with Crippen molar-refractivity contribution in [2.75, 3.05) is 13.2 Å². The number of aromatic amines is 1. The van der Waals surface area contributed by atoms with Gasteiger partial charge in [-0.15, -0.1) is 0 Å². The van der Waals surface area contributed by atoms with Gasteiger partial charge in [0.15, 0.2) is 0 Å². The molecule has 4 nitrogen and oxygen atoms in total. The van der Waals surface area contributed by atoms with Crippen LogP contribution in [0.4, 0.5) is 13.6 Å². The van der Waals surface area contributed by atoms with E-state index in [2.05, 4.69) is 20.9 Å². The van der Waals surface area contributed by atoms with Crippen LogP contribution < -0.4 is 0 Å². The van der Waals surface area contributed by atoms with Gasteiger partial charge in [-0.05, 0) is 43.2 Å². The summed E-state index contributed by atoms with van der Waals surface area (Å²) >= 11 is 3.48. The average Bonchev–Trinajstić information content (AvgIpc) is 2.99. The van der Waals surface area contributed by atoms with Crippen molar-refractivity contribution in [1.29, 1.82) is 0 Å². The van der Waals surface area contributed by atoms with Crippen molar-refractivity contribution in [3.8, 4) is 0 Å². The van der Waals surface area contributed by atoms with Gasteiger partial charge in [-0.3, -0.25) is 4.90 Å². The van der Waals surface area contributed by atoms with E-state index in [0.717, 1.165) is 32.7 Å². The molecule has 0 saturated heterocycles. The first-order valence-corrected chi connectivity index (χ1v) is 9.47. The quantitative estimate of drug-likeness (QED) is 0.593. The molecule has 0 fully saturated rings. The van der Waals surface area contributed by atoms with Crippen LogP contribution in [-0.2, 0) is 11.2 Å². The number of rotatable bonds is 2. The van der Waals surface area contributed by atoms with E-state index in [0.29, 0.717) is 13.0 Å². The molecule has 1 amide bonds. The van der Waals surface area contributed by atoms with E-state index < -0.39 is 23.8 Å². The number of nitrogens with one attached hydrogen (secondary N) is 1. The molecule has 1 unspecified atom stereocenters. The molecule has 1 atom stereocenters. The van der Waals surface area contributed by atoms with Gasteiger partial charge in [0.25, 0.3) is 0 Å². The maximum absolute atomic E-state index is 14.6. The highest BCUT2D eigenvalue weighted by Crippen LogP contribution is 2.40. The smallest absolute Gasteiger partial charge is 0.410 e. The summed E-state index contributed by atoms with van der Waals surface area (Å²) in [6.07, 6.45) is 0.0981. The number of carbonyl (C=O) groups is 1. The number of fused-ring (bicyclic) bond motifs is 3. The molecule has 1 aromatic heterocycles. The Morgan fingerprint density at radius 1 is 1.30 bits per heavy atom. The SMILES string of the molecule is CCOC(=O)N1CCc2c([nH]c3ccc(Br)cc23)C1c1ccc(F)cc1F. The van der Waals surface area contributed by atoms with Crippen molar-refractivity contribution in [2.24, 2.45) is 0 Å². The molecule has 7 heteroatoms. The second kappa shape index (κ2) is 6.96. The largest absolute Gasteiger partial charge is 0.450 e. The highest BCUT2D eigenvalue weighted by Gasteiger charge is 2.36. The Kier molecular flexibility index (Phi) is 4.63. The monoisotopic (exact) mass is 434 g/mol. The van der Waals surface area contributed by atoms with E-state index in [1.807, 2.05) is 18.2 Å². The first-order chi connectivity index (χ1) is 13.0. The fourth-order valence-electron chi connectivity index (χ4n) is 3.71. The lowest BCUT2D eigenvalue weighted by Crippen LogP contribution is -2.41. The Morgan fingerprint density at radius 2 is 2.11 bits per heavy atom. The fourth-order valence-corrected chi connectivity index (χ4v) is 4.07. The number of nitrogens with zero attached hydrogens (tertiary/aromatic N) is 1. The Labute approximate surface area is 163 Å². The predicted octanol–water partition coefficient (Wildman–Crippen LogP) is 5.31. The highest BCUT2D eigenvalue weighted by molar-refractivity contribution is 9.10. The van der Waals surface area contributed by atoms with Crippen molar-refractivity contribution >= 4 is 32.9 Å². The first-order valence-electron chi connectivity index (χ1n) is 8.68. The summed E-state index contributed by atoms with van der Waals surface area (Å²) in [5.74, 6) is -1.35. The number of ether oxygens (including phenoxy) is 1. The molecule has 1 aliphatic rings. The number of halogens is 3. The number of hydrogen-bond acceptors (Lipinski definition) is 2. The summed E-state index contributed by atoms with van der Waals surface area (Å²) in [5.41, 5.74) is 2.89. The second-order valence-electron chi connectivity index (χ2n) is 6.42. The fraction of sp³-hybridized carbons (Fsp3) is 0.250. The van der Waals surface area contributed by atoms with Crippen LogP contribution >= 0.6 is 15.9 Å². The molecule has 140 valence electrons. The van der Waals surface area contributed by atoms with Crippen LogP contribution in [-0.4, -0.2) is 29.1 Å². The van der Waals surface area contributed by atoms with Crippen LogP contribution in [0.15, 0.2) is 40.9 Å². The van der Waals surface area contributed by atoms with E-state index >= 15 is 0 Å². The standard InChI is InChI=1S/C20H17BrF2N2O2/c1-2-27-20(26)25-8-7-13-15-9-11(21)3-6-17(15)24-18(13)19(25)14-5-4-12(22)10-16(14)23/h3-6,9-10,19,24H,2,7-8H2,1H3. The van der Waals surface area contributed by atoms with E-state index in [-0.39, 0.29) is 12.2 Å². The van der Waals surface area contributed by atoms with Gasteiger partial charge in [0, 0.05) is 39.2 Å². The maximum Gasteiger partial charge on any atom is 0.410 e. The highest BCUT2D eigenvalue weighted by atomic mass is 79.9. The molecule has 2 heterocycles. The lowest BCUT2D eigenvalue weighted by Gasteiger charge is -2.35. The van der Waals surface area contributed by atoms with Gasteiger partial charge in [0.05, 0.1) is 6.61 Å². The Hall–Kier alpha value is -2.41. The number of H-pyrrole nitrogens is 1. The Morgan fingerprint density at radius 3 is 2.85 bits per heavy atom. The minimum Gasteiger partial charge on any atom is -0.450 e. The molecule has 1 aliphatic heterocycles.